The minimum Gasteiger partial charge on any atom is -0.333 e. The van der Waals surface area contributed by atoms with E-state index in [-0.39, 0.29) is 22.3 Å². The van der Waals surface area contributed by atoms with E-state index in [1.54, 1.807) is 0 Å². The van der Waals surface area contributed by atoms with Crippen LogP contribution in [-0.2, 0) is 14.8 Å². The van der Waals surface area contributed by atoms with Gasteiger partial charge in [0.15, 0.2) is 0 Å². The summed E-state index contributed by atoms with van der Waals surface area (Å²) >= 11 is 0. The molecule has 0 aliphatic carbocycles. The highest BCUT2D eigenvalue weighted by Crippen LogP contribution is 2.48. The Balaban J connectivity index is 2.61. The van der Waals surface area contributed by atoms with E-state index < -0.39 is 21.8 Å². The second-order valence-corrected chi connectivity index (χ2v) is 13.1. The van der Waals surface area contributed by atoms with Gasteiger partial charge in [-0.2, -0.15) is 0 Å². The van der Waals surface area contributed by atoms with Crippen molar-refractivity contribution in [2.75, 3.05) is 12.8 Å². The van der Waals surface area contributed by atoms with Crippen LogP contribution in [0.3, 0.4) is 0 Å². The van der Waals surface area contributed by atoms with Gasteiger partial charge in [-0.1, -0.05) is 62.3 Å². The van der Waals surface area contributed by atoms with Crippen molar-refractivity contribution < 1.29 is 13.2 Å². The molecule has 0 aromatic rings. The highest BCUT2D eigenvalue weighted by molar-refractivity contribution is 7.89. The first-order chi connectivity index (χ1) is 12.3. The zero-order chi connectivity index (χ0) is 21.9. The monoisotopic (exact) mass is 411 g/mol. The Hall–Kier alpha value is -1.37. The standard InChI is InChI=1S/C21H37N3O3S/c1-19(2,3)15-14-11-13(17(25)23-28(10,26)27)12-24(14)18(21(7,8)9)22-16(15)20(4,5)6/h13,16H,11-12H2,1-10H3,(H,23,25). The van der Waals surface area contributed by atoms with E-state index in [1.165, 1.54) is 5.57 Å². The van der Waals surface area contributed by atoms with Gasteiger partial charge in [0.25, 0.3) is 0 Å². The molecule has 0 spiro atoms. The fraction of sp³-hybridized carbons (Fsp3) is 0.810. The third kappa shape index (κ3) is 4.78. The van der Waals surface area contributed by atoms with Gasteiger partial charge in [-0.25, -0.2) is 8.42 Å². The number of carbonyl (C=O) groups is 1. The number of sulfonamides is 1. The van der Waals surface area contributed by atoms with Gasteiger partial charge < -0.3 is 4.90 Å². The second-order valence-electron chi connectivity index (χ2n) is 11.3. The van der Waals surface area contributed by atoms with Crippen LogP contribution in [-0.4, -0.2) is 43.9 Å². The number of rotatable bonds is 2. The van der Waals surface area contributed by atoms with Gasteiger partial charge in [0.2, 0.25) is 15.9 Å². The van der Waals surface area contributed by atoms with Gasteiger partial charge in [0.05, 0.1) is 18.2 Å². The number of nitrogens with one attached hydrogen (secondary N) is 1. The van der Waals surface area contributed by atoms with Gasteiger partial charge in [0, 0.05) is 24.1 Å². The fourth-order valence-corrected chi connectivity index (χ4v) is 4.66. The third-order valence-electron chi connectivity index (χ3n) is 5.22. The summed E-state index contributed by atoms with van der Waals surface area (Å²) in [6.07, 6.45) is 1.56. The zero-order valence-corrected chi connectivity index (χ0v) is 19.9. The topological polar surface area (TPSA) is 78.8 Å². The van der Waals surface area contributed by atoms with Gasteiger partial charge >= 0.3 is 0 Å². The van der Waals surface area contributed by atoms with Crippen molar-refractivity contribution in [2.24, 2.45) is 27.2 Å². The van der Waals surface area contributed by atoms with Crippen molar-refractivity contribution in [2.45, 2.75) is 74.8 Å². The van der Waals surface area contributed by atoms with E-state index >= 15 is 0 Å². The average Bonchev–Trinajstić information content (AvgIpc) is 2.84. The highest BCUT2D eigenvalue weighted by atomic mass is 32.2. The van der Waals surface area contributed by atoms with E-state index in [9.17, 15) is 13.2 Å². The molecule has 2 unspecified atom stereocenters. The smallest absolute Gasteiger partial charge is 0.238 e. The first-order valence-corrected chi connectivity index (χ1v) is 11.8. The van der Waals surface area contributed by atoms with Crippen LogP contribution in [0.4, 0.5) is 0 Å². The van der Waals surface area contributed by atoms with Crippen LogP contribution in [0, 0.1) is 22.2 Å². The molecule has 2 aliphatic heterocycles. The van der Waals surface area contributed by atoms with Gasteiger partial charge in [-0.3, -0.25) is 14.5 Å². The van der Waals surface area contributed by atoms with Crippen molar-refractivity contribution in [1.82, 2.24) is 9.62 Å². The molecule has 1 amide bonds. The molecule has 0 saturated carbocycles. The molecule has 0 aromatic carbocycles. The quantitative estimate of drug-likeness (QED) is 0.753. The summed E-state index contributed by atoms with van der Waals surface area (Å²) in [6.45, 7) is 20.0. The molecular formula is C21H37N3O3S. The Morgan fingerprint density at radius 2 is 1.57 bits per heavy atom. The van der Waals surface area contributed by atoms with Crippen LogP contribution in [0.2, 0.25) is 0 Å². The summed E-state index contributed by atoms with van der Waals surface area (Å²) in [5.74, 6) is 0.136. The lowest BCUT2D eigenvalue weighted by atomic mass is 9.70. The Kier molecular flexibility index (Phi) is 5.61. The lowest BCUT2D eigenvalue weighted by Gasteiger charge is -2.45. The van der Waals surface area contributed by atoms with Crippen molar-refractivity contribution >= 4 is 21.8 Å². The fourth-order valence-electron chi connectivity index (χ4n) is 4.13. The van der Waals surface area contributed by atoms with Crippen LogP contribution < -0.4 is 4.72 Å². The number of fused-ring (bicyclic) bond motifs is 1. The average molecular weight is 412 g/mol. The van der Waals surface area contributed by atoms with Crippen LogP contribution >= 0.6 is 0 Å². The molecule has 0 aromatic heterocycles. The number of nitrogens with zero attached hydrogens (tertiary/aromatic N) is 2. The molecule has 6 nitrogen and oxygen atoms in total. The van der Waals surface area contributed by atoms with Crippen LogP contribution in [0.5, 0.6) is 0 Å². The van der Waals surface area contributed by atoms with Crippen molar-refractivity contribution in [3.8, 4) is 0 Å². The number of carbonyl (C=O) groups excluding carboxylic acids is 1. The number of hydrogen-bond acceptors (Lipinski definition) is 5. The van der Waals surface area contributed by atoms with Crippen LogP contribution in [0.25, 0.3) is 0 Å². The maximum absolute atomic E-state index is 12.6. The molecule has 160 valence electrons. The molecular weight excluding hydrogens is 374 g/mol. The highest BCUT2D eigenvalue weighted by Gasteiger charge is 2.47. The maximum Gasteiger partial charge on any atom is 0.238 e. The molecule has 1 saturated heterocycles. The van der Waals surface area contributed by atoms with Gasteiger partial charge in [-0.15, -0.1) is 0 Å². The summed E-state index contributed by atoms with van der Waals surface area (Å²) in [5.41, 5.74) is 2.04. The van der Waals surface area contributed by atoms with E-state index in [1.807, 2.05) is 0 Å². The molecule has 2 atom stereocenters. The van der Waals surface area contributed by atoms with Crippen LogP contribution in [0.15, 0.2) is 16.3 Å². The Morgan fingerprint density at radius 1 is 1.04 bits per heavy atom. The summed E-state index contributed by atoms with van der Waals surface area (Å²) in [6, 6.07) is 0.0182. The SMILES string of the molecule is CC(C)(C)C1=NC(C(C)(C)C)C(C(C)(C)C)=C2CC(C(=O)NS(C)(=O)=O)CN12. The molecule has 2 heterocycles. The van der Waals surface area contributed by atoms with E-state index in [0.29, 0.717) is 13.0 Å². The summed E-state index contributed by atoms with van der Waals surface area (Å²) in [4.78, 5) is 20.0. The molecule has 1 N–H and O–H groups in total. The first-order valence-electron chi connectivity index (χ1n) is 9.93. The zero-order valence-electron chi connectivity index (χ0n) is 19.1. The van der Waals surface area contributed by atoms with E-state index in [0.717, 1.165) is 17.8 Å². The number of aliphatic imine (C=N–C) groups is 1. The minimum absolute atomic E-state index is 0.0182. The predicted octanol–water partition coefficient (Wildman–Crippen LogP) is 3.56. The van der Waals surface area contributed by atoms with E-state index in [2.05, 4.69) is 71.9 Å². The van der Waals surface area contributed by atoms with Crippen molar-refractivity contribution in [3.63, 3.8) is 0 Å². The number of hydrogen-bond donors (Lipinski definition) is 1. The largest absolute Gasteiger partial charge is 0.333 e. The lowest BCUT2D eigenvalue weighted by Crippen LogP contribution is -2.47. The molecule has 0 bridgehead atoms. The normalized spacial score (nSPS) is 24.2. The summed E-state index contributed by atoms with van der Waals surface area (Å²) in [7, 11) is -3.58. The molecule has 2 aliphatic rings. The lowest BCUT2D eigenvalue weighted by molar-refractivity contribution is -0.122. The Morgan fingerprint density at radius 3 is 1.96 bits per heavy atom. The number of amidine groups is 1. The van der Waals surface area contributed by atoms with Gasteiger partial charge in [0.1, 0.15) is 5.84 Å². The number of amides is 1. The van der Waals surface area contributed by atoms with Crippen LogP contribution in [0.1, 0.15) is 68.7 Å². The van der Waals surface area contributed by atoms with Crippen molar-refractivity contribution in [3.05, 3.63) is 11.3 Å². The molecule has 0 radical (unpaired) electrons. The predicted molar refractivity (Wildman–Crippen MR) is 114 cm³/mol. The minimum atomic E-state index is -3.58. The maximum atomic E-state index is 12.6. The Bertz CT molecular complexity index is 818. The van der Waals surface area contributed by atoms with Gasteiger partial charge in [-0.05, 0) is 16.4 Å². The van der Waals surface area contributed by atoms with Crippen molar-refractivity contribution in [1.29, 1.82) is 0 Å². The molecule has 7 heteroatoms. The third-order valence-corrected chi connectivity index (χ3v) is 5.79. The number of allylic oxidation sites excluding steroid dienone is 1. The van der Waals surface area contributed by atoms with E-state index in [4.69, 9.17) is 4.99 Å². The summed E-state index contributed by atoms with van der Waals surface area (Å²) < 4.78 is 25.3. The Labute approximate surface area is 170 Å². The second kappa shape index (κ2) is 6.85. The molecule has 1 fully saturated rings. The molecule has 2 rings (SSSR count). The first kappa shape index (κ1) is 22.9. The molecule has 28 heavy (non-hydrogen) atoms. The summed E-state index contributed by atoms with van der Waals surface area (Å²) in [5, 5.41) is 0.